The number of carbonyl (C=O) groups excluding carboxylic acids is 1. The number of hydrazine groups is 1. The standard InChI is InChI=1S/C12H16ClN3O3S2/c1-8(2)14-12(20)16-15-11(17)7-21(18,19)10-5-3-9(13)4-6-10/h3-6,8H,7H2,1-2H3,(H,15,17)(H2,14,16,20). The molecule has 0 aliphatic heterocycles. The summed E-state index contributed by atoms with van der Waals surface area (Å²) in [5.74, 6) is -1.40. The van der Waals surface area contributed by atoms with Crippen LogP contribution in [0.5, 0.6) is 0 Å². The summed E-state index contributed by atoms with van der Waals surface area (Å²) in [6, 6.07) is 5.70. The van der Waals surface area contributed by atoms with Crippen LogP contribution in [-0.2, 0) is 14.6 Å². The third kappa shape index (κ3) is 6.28. The van der Waals surface area contributed by atoms with Crippen LogP contribution < -0.4 is 16.2 Å². The predicted molar refractivity (Wildman–Crippen MR) is 85.7 cm³/mol. The Morgan fingerprint density at radius 1 is 1.24 bits per heavy atom. The van der Waals surface area contributed by atoms with Gasteiger partial charge in [0.1, 0.15) is 5.75 Å². The van der Waals surface area contributed by atoms with Gasteiger partial charge in [-0.2, -0.15) is 0 Å². The molecule has 6 nitrogen and oxygen atoms in total. The molecule has 1 aromatic carbocycles. The van der Waals surface area contributed by atoms with Crippen molar-refractivity contribution >= 4 is 44.7 Å². The second-order valence-electron chi connectivity index (χ2n) is 4.51. The molecule has 21 heavy (non-hydrogen) atoms. The lowest BCUT2D eigenvalue weighted by atomic mass is 10.4. The van der Waals surface area contributed by atoms with Gasteiger partial charge in [-0.3, -0.25) is 15.6 Å². The van der Waals surface area contributed by atoms with E-state index in [4.69, 9.17) is 23.8 Å². The van der Waals surface area contributed by atoms with E-state index in [1.807, 2.05) is 13.8 Å². The summed E-state index contributed by atoms with van der Waals surface area (Å²) in [6.07, 6.45) is 0. The van der Waals surface area contributed by atoms with Crippen molar-refractivity contribution in [1.82, 2.24) is 16.2 Å². The molecule has 0 radical (unpaired) electrons. The van der Waals surface area contributed by atoms with Gasteiger partial charge in [-0.25, -0.2) is 8.42 Å². The molecule has 0 fully saturated rings. The van der Waals surface area contributed by atoms with Crippen molar-refractivity contribution < 1.29 is 13.2 Å². The fourth-order valence-electron chi connectivity index (χ4n) is 1.36. The Labute approximate surface area is 134 Å². The number of hydrogen-bond acceptors (Lipinski definition) is 4. The van der Waals surface area contributed by atoms with Crippen molar-refractivity contribution in [2.75, 3.05) is 5.75 Å². The Morgan fingerprint density at radius 2 is 1.81 bits per heavy atom. The zero-order valence-corrected chi connectivity index (χ0v) is 13.9. The molecule has 0 heterocycles. The van der Waals surface area contributed by atoms with Gasteiger partial charge in [0.25, 0.3) is 5.91 Å². The minimum atomic E-state index is -3.72. The number of carbonyl (C=O) groups is 1. The predicted octanol–water partition coefficient (Wildman–Crippen LogP) is 1.02. The molecule has 116 valence electrons. The zero-order chi connectivity index (χ0) is 16.0. The molecule has 0 spiro atoms. The first kappa shape index (κ1) is 17.7. The molecule has 0 saturated heterocycles. The molecule has 1 amide bonds. The smallest absolute Gasteiger partial charge is 0.253 e. The molecule has 0 saturated carbocycles. The maximum atomic E-state index is 12.0. The summed E-state index contributed by atoms with van der Waals surface area (Å²) in [6.45, 7) is 3.75. The lowest BCUT2D eigenvalue weighted by Crippen LogP contribution is -2.49. The second-order valence-corrected chi connectivity index (χ2v) is 7.35. The number of sulfone groups is 1. The molecule has 1 aromatic rings. The first-order chi connectivity index (χ1) is 9.70. The van der Waals surface area contributed by atoms with E-state index in [1.165, 1.54) is 24.3 Å². The number of benzene rings is 1. The molecule has 1 rings (SSSR count). The van der Waals surface area contributed by atoms with E-state index in [9.17, 15) is 13.2 Å². The molecule has 0 aromatic heterocycles. The lowest BCUT2D eigenvalue weighted by molar-refractivity contribution is -0.119. The molecule has 0 atom stereocenters. The summed E-state index contributed by atoms with van der Waals surface area (Å²) < 4.78 is 24.0. The number of thiocarbonyl (C=S) groups is 1. The monoisotopic (exact) mass is 349 g/mol. The normalized spacial score (nSPS) is 11.0. The number of hydrogen-bond donors (Lipinski definition) is 3. The summed E-state index contributed by atoms with van der Waals surface area (Å²) in [5, 5.41) is 3.47. The second kappa shape index (κ2) is 7.58. The Kier molecular flexibility index (Phi) is 6.38. The van der Waals surface area contributed by atoms with Crippen molar-refractivity contribution in [3.63, 3.8) is 0 Å². The first-order valence-corrected chi connectivity index (χ1v) is 8.48. The fourth-order valence-corrected chi connectivity index (χ4v) is 2.91. The fraction of sp³-hybridized carbons (Fsp3) is 0.333. The van der Waals surface area contributed by atoms with Gasteiger partial charge in [-0.05, 0) is 50.3 Å². The van der Waals surface area contributed by atoms with E-state index in [0.29, 0.717) is 5.02 Å². The number of halogens is 1. The van der Waals surface area contributed by atoms with Crippen molar-refractivity contribution in [1.29, 1.82) is 0 Å². The van der Waals surface area contributed by atoms with Gasteiger partial charge >= 0.3 is 0 Å². The van der Waals surface area contributed by atoms with Gasteiger partial charge in [-0.1, -0.05) is 11.6 Å². The van der Waals surface area contributed by atoms with Crippen LogP contribution in [0.2, 0.25) is 5.02 Å². The summed E-state index contributed by atoms with van der Waals surface area (Å²) in [7, 11) is -3.72. The zero-order valence-electron chi connectivity index (χ0n) is 11.5. The third-order valence-corrected chi connectivity index (χ3v) is 4.33. The maximum Gasteiger partial charge on any atom is 0.253 e. The summed E-state index contributed by atoms with van der Waals surface area (Å²) in [4.78, 5) is 11.7. The molecule has 0 bridgehead atoms. The minimum absolute atomic E-state index is 0.0323. The Hall–Kier alpha value is -1.38. The van der Waals surface area contributed by atoms with Gasteiger partial charge in [0, 0.05) is 11.1 Å². The van der Waals surface area contributed by atoms with E-state index in [2.05, 4.69) is 16.2 Å². The van der Waals surface area contributed by atoms with Crippen molar-refractivity contribution in [3.05, 3.63) is 29.3 Å². The Bertz CT molecular complexity index is 615. The van der Waals surface area contributed by atoms with E-state index in [0.717, 1.165) is 0 Å². The lowest BCUT2D eigenvalue weighted by Gasteiger charge is -2.13. The van der Waals surface area contributed by atoms with Crippen LogP contribution in [0.25, 0.3) is 0 Å². The van der Waals surface area contributed by atoms with Crippen molar-refractivity contribution in [2.24, 2.45) is 0 Å². The van der Waals surface area contributed by atoms with Gasteiger partial charge in [0.05, 0.1) is 4.90 Å². The van der Waals surface area contributed by atoms with Crippen molar-refractivity contribution in [2.45, 2.75) is 24.8 Å². The third-order valence-electron chi connectivity index (χ3n) is 2.23. The molecular weight excluding hydrogens is 334 g/mol. The number of amides is 1. The quantitative estimate of drug-likeness (QED) is 0.555. The first-order valence-electron chi connectivity index (χ1n) is 6.04. The highest BCUT2D eigenvalue weighted by Gasteiger charge is 2.19. The van der Waals surface area contributed by atoms with Crippen LogP contribution in [0.4, 0.5) is 0 Å². The highest BCUT2D eigenvalue weighted by Crippen LogP contribution is 2.15. The van der Waals surface area contributed by atoms with Crippen LogP contribution in [0.3, 0.4) is 0 Å². The maximum absolute atomic E-state index is 12.0. The van der Waals surface area contributed by atoms with Crippen LogP contribution in [-0.4, -0.2) is 31.2 Å². The van der Waals surface area contributed by atoms with Crippen LogP contribution >= 0.6 is 23.8 Å². The number of rotatable bonds is 4. The largest absolute Gasteiger partial charge is 0.359 e. The highest BCUT2D eigenvalue weighted by atomic mass is 35.5. The Morgan fingerprint density at radius 3 is 2.33 bits per heavy atom. The molecule has 3 N–H and O–H groups in total. The van der Waals surface area contributed by atoms with Gasteiger partial charge < -0.3 is 5.32 Å². The van der Waals surface area contributed by atoms with Gasteiger partial charge in [0.2, 0.25) is 0 Å². The van der Waals surface area contributed by atoms with Crippen molar-refractivity contribution in [3.8, 4) is 0 Å². The van der Waals surface area contributed by atoms with Gasteiger partial charge in [-0.15, -0.1) is 0 Å². The van der Waals surface area contributed by atoms with E-state index in [1.54, 1.807) is 0 Å². The number of nitrogens with one attached hydrogen (secondary N) is 3. The molecule has 0 aliphatic carbocycles. The average molecular weight is 350 g/mol. The average Bonchev–Trinajstić information content (AvgIpc) is 2.35. The Balaban J connectivity index is 2.57. The molecule has 0 aliphatic rings. The van der Waals surface area contributed by atoms with Gasteiger partial charge in [0.15, 0.2) is 14.9 Å². The van der Waals surface area contributed by atoms with E-state index in [-0.39, 0.29) is 16.0 Å². The van der Waals surface area contributed by atoms with E-state index >= 15 is 0 Å². The van der Waals surface area contributed by atoms with Crippen LogP contribution in [0, 0.1) is 0 Å². The molecule has 9 heteroatoms. The minimum Gasteiger partial charge on any atom is -0.359 e. The SMILES string of the molecule is CC(C)NC(=S)NNC(=O)CS(=O)(=O)c1ccc(Cl)cc1. The molecule has 0 unspecified atom stereocenters. The topological polar surface area (TPSA) is 87.3 Å². The summed E-state index contributed by atoms with van der Waals surface area (Å²) in [5.41, 5.74) is 4.66. The summed E-state index contributed by atoms with van der Waals surface area (Å²) >= 11 is 10.6. The molecular formula is C12H16ClN3O3S2. The highest BCUT2D eigenvalue weighted by molar-refractivity contribution is 7.92. The van der Waals surface area contributed by atoms with Crippen LogP contribution in [0.1, 0.15) is 13.8 Å². The van der Waals surface area contributed by atoms with E-state index < -0.39 is 21.5 Å². The van der Waals surface area contributed by atoms with Crippen LogP contribution in [0.15, 0.2) is 29.2 Å².